The van der Waals surface area contributed by atoms with Gasteiger partial charge >= 0.3 is 0 Å². The summed E-state index contributed by atoms with van der Waals surface area (Å²) in [5.74, 6) is 0.638. The molecular formula is C26H22N2O4. The largest absolute Gasteiger partial charge is 0.495 e. The number of rotatable bonds is 5. The lowest BCUT2D eigenvalue weighted by atomic mass is 10.1. The highest BCUT2D eigenvalue weighted by molar-refractivity contribution is 6.08. The van der Waals surface area contributed by atoms with E-state index in [0.717, 1.165) is 32.8 Å². The molecule has 3 aromatic carbocycles. The number of hydrogen-bond donors (Lipinski definition) is 1. The Bertz CT molecular complexity index is 1470. The highest BCUT2D eigenvalue weighted by atomic mass is 16.5. The first kappa shape index (κ1) is 19.9. The second kappa shape index (κ2) is 7.89. The van der Waals surface area contributed by atoms with E-state index in [1.807, 2.05) is 67.6 Å². The summed E-state index contributed by atoms with van der Waals surface area (Å²) < 4.78 is 17.3. The van der Waals surface area contributed by atoms with Crippen molar-refractivity contribution in [3.8, 4) is 11.6 Å². The SMILES string of the molecule is COc1cc2c(cc1NC(=O)C(C)Oc1cc(C)c3ccccc3n1)oc1ccccc12. The molecule has 6 heteroatoms. The van der Waals surface area contributed by atoms with E-state index in [1.54, 1.807) is 20.1 Å². The summed E-state index contributed by atoms with van der Waals surface area (Å²) in [4.78, 5) is 17.4. The fourth-order valence-electron chi connectivity index (χ4n) is 3.87. The first-order chi connectivity index (χ1) is 15.5. The normalized spacial score (nSPS) is 12.2. The first-order valence-electron chi connectivity index (χ1n) is 10.4. The topological polar surface area (TPSA) is 73.6 Å². The highest BCUT2D eigenvalue weighted by Gasteiger charge is 2.19. The van der Waals surface area contributed by atoms with Crippen LogP contribution in [-0.2, 0) is 4.79 Å². The molecule has 0 radical (unpaired) electrons. The number of furan rings is 1. The van der Waals surface area contributed by atoms with E-state index in [4.69, 9.17) is 13.9 Å². The lowest BCUT2D eigenvalue weighted by molar-refractivity contribution is -0.122. The number of nitrogens with zero attached hydrogens (tertiary/aromatic N) is 1. The van der Waals surface area contributed by atoms with Crippen molar-refractivity contribution in [3.63, 3.8) is 0 Å². The number of aryl methyl sites for hydroxylation is 1. The molecule has 1 amide bonds. The molecule has 0 saturated carbocycles. The smallest absolute Gasteiger partial charge is 0.265 e. The minimum atomic E-state index is -0.765. The number of methoxy groups -OCH3 is 1. The van der Waals surface area contributed by atoms with Crippen LogP contribution in [0.15, 0.2) is 71.1 Å². The molecule has 0 bridgehead atoms. The van der Waals surface area contributed by atoms with Crippen molar-refractivity contribution >= 4 is 44.4 Å². The molecule has 2 aromatic heterocycles. The van der Waals surface area contributed by atoms with Crippen LogP contribution in [0.3, 0.4) is 0 Å². The predicted octanol–water partition coefficient (Wildman–Crippen LogP) is 5.86. The Morgan fingerprint density at radius 1 is 0.969 bits per heavy atom. The molecule has 0 spiro atoms. The number of anilines is 1. The van der Waals surface area contributed by atoms with Gasteiger partial charge in [0, 0.05) is 28.3 Å². The highest BCUT2D eigenvalue weighted by Crippen LogP contribution is 2.36. The van der Waals surface area contributed by atoms with E-state index < -0.39 is 6.10 Å². The predicted molar refractivity (Wildman–Crippen MR) is 125 cm³/mol. The number of nitrogens with one attached hydrogen (secondary N) is 1. The molecule has 0 aliphatic rings. The molecule has 160 valence electrons. The lowest BCUT2D eigenvalue weighted by Gasteiger charge is -2.16. The summed E-state index contributed by atoms with van der Waals surface area (Å²) in [6.07, 6.45) is -0.765. The van der Waals surface area contributed by atoms with Gasteiger partial charge in [0.2, 0.25) is 5.88 Å². The fraction of sp³-hybridized carbons (Fsp3) is 0.154. The zero-order valence-electron chi connectivity index (χ0n) is 18.0. The lowest BCUT2D eigenvalue weighted by Crippen LogP contribution is -2.30. The molecule has 0 aliphatic carbocycles. The van der Waals surface area contributed by atoms with Gasteiger partial charge in [-0.3, -0.25) is 4.79 Å². The molecule has 0 saturated heterocycles. The van der Waals surface area contributed by atoms with E-state index in [9.17, 15) is 4.79 Å². The number of fused-ring (bicyclic) bond motifs is 4. The number of pyridine rings is 1. The van der Waals surface area contributed by atoms with Crippen molar-refractivity contribution in [1.82, 2.24) is 4.98 Å². The van der Waals surface area contributed by atoms with Crippen LogP contribution in [0.1, 0.15) is 12.5 Å². The molecule has 2 heterocycles. The molecular weight excluding hydrogens is 404 g/mol. The van der Waals surface area contributed by atoms with Crippen molar-refractivity contribution < 1.29 is 18.7 Å². The van der Waals surface area contributed by atoms with E-state index in [-0.39, 0.29) is 5.91 Å². The van der Waals surface area contributed by atoms with E-state index in [0.29, 0.717) is 22.9 Å². The Morgan fingerprint density at radius 2 is 1.72 bits per heavy atom. The molecule has 1 atom stereocenters. The minimum absolute atomic E-state index is 0.314. The van der Waals surface area contributed by atoms with Gasteiger partial charge in [-0.15, -0.1) is 0 Å². The standard InChI is InChI=1S/C26H22N2O4/c1-15-12-25(27-20-10-6-4-8-17(15)20)31-16(2)26(29)28-21-14-23-19(13-24(21)30-3)18-9-5-7-11-22(18)32-23/h4-14,16H,1-3H3,(H,28,29). The van der Waals surface area contributed by atoms with Gasteiger partial charge in [-0.05, 0) is 37.6 Å². The second-order valence-electron chi connectivity index (χ2n) is 7.69. The minimum Gasteiger partial charge on any atom is -0.495 e. The Labute approximate surface area is 184 Å². The average Bonchev–Trinajstić information content (AvgIpc) is 3.15. The Balaban J connectivity index is 1.41. The van der Waals surface area contributed by atoms with Gasteiger partial charge < -0.3 is 19.2 Å². The molecule has 32 heavy (non-hydrogen) atoms. The van der Waals surface area contributed by atoms with Crippen LogP contribution < -0.4 is 14.8 Å². The molecule has 1 N–H and O–H groups in total. The molecule has 5 rings (SSSR count). The third-order valence-electron chi connectivity index (χ3n) is 5.52. The maximum absolute atomic E-state index is 12.9. The summed E-state index contributed by atoms with van der Waals surface area (Å²) in [5.41, 5.74) is 3.83. The monoisotopic (exact) mass is 426 g/mol. The van der Waals surface area contributed by atoms with Crippen molar-refractivity contribution in [3.05, 3.63) is 72.3 Å². The zero-order valence-corrected chi connectivity index (χ0v) is 18.0. The summed E-state index contributed by atoms with van der Waals surface area (Å²) in [5, 5.41) is 5.87. The van der Waals surface area contributed by atoms with Crippen molar-refractivity contribution in [1.29, 1.82) is 0 Å². The van der Waals surface area contributed by atoms with Crippen molar-refractivity contribution in [2.75, 3.05) is 12.4 Å². The summed E-state index contributed by atoms with van der Waals surface area (Å²) in [6.45, 7) is 3.68. The summed E-state index contributed by atoms with van der Waals surface area (Å²) in [7, 11) is 1.57. The van der Waals surface area contributed by atoms with E-state index in [2.05, 4.69) is 10.3 Å². The van der Waals surface area contributed by atoms with Gasteiger partial charge in [0.1, 0.15) is 16.9 Å². The van der Waals surface area contributed by atoms with Gasteiger partial charge in [0.25, 0.3) is 5.91 Å². The van der Waals surface area contributed by atoms with Crippen LogP contribution in [0.5, 0.6) is 11.6 Å². The average molecular weight is 426 g/mol. The number of carbonyl (C=O) groups is 1. The number of hydrogen-bond acceptors (Lipinski definition) is 5. The maximum Gasteiger partial charge on any atom is 0.265 e. The molecule has 5 aromatic rings. The molecule has 0 fully saturated rings. The van der Waals surface area contributed by atoms with Gasteiger partial charge in [0.05, 0.1) is 18.3 Å². The summed E-state index contributed by atoms with van der Waals surface area (Å²) >= 11 is 0. The van der Waals surface area contributed by atoms with Crippen LogP contribution >= 0.6 is 0 Å². The number of carbonyl (C=O) groups excluding carboxylic acids is 1. The van der Waals surface area contributed by atoms with Crippen LogP contribution in [0.4, 0.5) is 5.69 Å². The third-order valence-corrected chi connectivity index (χ3v) is 5.52. The number of para-hydroxylation sites is 2. The molecule has 1 unspecified atom stereocenters. The zero-order chi connectivity index (χ0) is 22.2. The van der Waals surface area contributed by atoms with Gasteiger partial charge in [-0.2, -0.15) is 0 Å². The molecule has 6 nitrogen and oxygen atoms in total. The second-order valence-corrected chi connectivity index (χ2v) is 7.69. The Morgan fingerprint density at radius 3 is 2.53 bits per heavy atom. The van der Waals surface area contributed by atoms with E-state index in [1.165, 1.54) is 0 Å². The number of aromatic nitrogens is 1. The third kappa shape index (κ3) is 3.50. The van der Waals surface area contributed by atoms with Crippen LogP contribution in [0.25, 0.3) is 32.8 Å². The van der Waals surface area contributed by atoms with Gasteiger partial charge in [0.15, 0.2) is 6.10 Å². The van der Waals surface area contributed by atoms with Gasteiger partial charge in [-0.25, -0.2) is 4.98 Å². The Kier molecular flexibility index (Phi) is 4.90. The number of benzene rings is 3. The van der Waals surface area contributed by atoms with Gasteiger partial charge in [-0.1, -0.05) is 36.4 Å². The van der Waals surface area contributed by atoms with Crippen LogP contribution in [-0.4, -0.2) is 24.1 Å². The summed E-state index contributed by atoms with van der Waals surface area (Å²) in [6, 6.07) is 21.1. The van der Waals surface area contributed by atoms with Crippen molar-refractivity contribution in [2.45, 2.75) is 20.0 Å². The number of ether oxygens (including phenoxy) is 2. The maximum atomic E-state index is 12.9. The Hall–Kier alpha value is -4.06. The van der Waals surface area contributed by atoms with Crippen LogP contribution in [0.2, 0.25) is 0 Å². The van der Waals surface area contributed by atoms with Crippen LogP contribution in [0, 0.1) is 6.92 Å². The molecule has 0 aliphatic heterocycles. The van der Waals surface area contributed by atoms with E-state index >= 15 is 0 Å². The fourth-order valence-corrected chi connectivity index (χ4v) is 3.87. The van der Waals surface area contributed by atoms with Crippen molar-refractivity contribution in [2.24, 2.45) is 0 Å². The quantitative estimate of drug-likeness (QED) is 0.381. The number of amides is 1. The first-order valence-corrected chi connectivity index (χ1v) is 10.4.